The van der Waals surface area contributed by atoms with Gasteiger partial charge in [-0.3, -0.25) is 4.79 Å². The first-order chi connectivity index (χ1) is 10.1. The van der Waals surface area contributed by atoms with Crippen molar-refractivity contribution in [3.63, 3.8) is 0 Å². The lowest BCUT2D eigenvalue weighted by molar-refractivity contribution is -0.126. The van der Waals surface area contributed by atoms with Crippen molar-refractivity contribution >= 4 is 35.2 Å². The largest absolute Gasteiger partial charge is 0.339 e. The molecule has 1 aromatic rings. The molecule has 0 aromatic heterocycles. The standard InChI is InChI=1S/C17H23Cl2NO/c1-3-5-12-20(13-6-4-2)17(21)11-10-14-15(18)8-7-9-16(14)19/h7-11H,3-6,12-13H2,1-2H3. The molecule has 1 rings (SSSR count). The summed E-state index contributed by atoms with van der Waals surface area (Å²) in [6, 6.07) is 5.33. The van der Waals surface area contributed by atoms with Gasteiger partial charge in [0.2, 0.25) is 5.91 Å². The van der Waals surface area contributed by atoms with Crippen LogP contribution >= 0.6 is 23.2 Å². The SMILES string of the molecule is CCCCN(CCCC)C(=O)C=Cc1c(Cl)cccc1Cl. The third kappa shape index (κ3) is 6.11. The van der Waals surface area contributed by atoms with Gasteiger partial charge >= 0.3 is 0 Å². The average molecular weight is 328 g/mol. The van der Waals surface area contributed by atoms with Gasteiger partial charge in [0.05, 0.1) is 0 Å². The Morgan fingerprint density at radius 3 is 2.10 bits per heavy atom. The minimum atomic E-state index is 0.0212. The topological polar surface area (TPSA) is 20.3 Å². The third-order valence-electron chi connectivity index (χ3n) is 3.27. The first kappa shape index (κ1) is 18.1. The highest BCUT2D eigenvalue weighted by atomic mass is 35.5. The number of nitrogens with zero attached hydrogens (tertiary/aromatic N) is 1. The summed E-state index contributed by atoms with van der Waals surface area (Å²) < 4.78 is 0. The Bertz CT molecular complexity index is 457. The molecule has 0 fully saturated rings. The molecule has 0 saturated carbocycles. The maximum Gasteiger partial charge on any atom is 0.246 e. The fourth-order valence-electron chi connectivity index (χ4n) is 1.96. The zero-order chi connectivity index (χ0) is 15.7. The summed E-state index contributed by atoms with van der Waals surface area (Å²) in [5.74, 6) is 0.0212. The normalized spacial score (nSPS) is 11.0. The Kier molecular flexibility index (Phi) is 8.48. The minimum absolute atomic E-state index is 0.0212. The highest BCUT2D eigenvalue weighted by Gasteiger charge is 2.10. The van der Waals surface area contributed by atoms with Crippen molar-refractivity contribution in [2.75, 3.05) is 13.1 Å². The molecule has 0 aliphatic heterocycles. The molecule has 21 heavy (non-hydrogen) atoms. The summed E-state index contributed by atoms with van der Waals surface area (Å²) in [5, 5.41) is 1.11. The number of hydrogen-bond acceptors (Lipinski definition) is 1. The van der Waals surface area contributed by atoms with Crippen molar-refractivity contribution in [3.05, 3.63) is 39.9 Å². The van der Waals surface area contributed by atoms with Gasteiger partial charge in [-0.15, -0.1) is 0 Å². The van der Waals surface area contributed by atoms with Gasteiger partial charge in [-0.2, -0.15) is 0 Å². The van der Waals surface area contributed by atoms with Crippen molar-refractivity contribution in [3.8, 4) is 0 Å². The number of unbranched alkanes of at least 4 members (excludes halogenated alkanes) is 2. The highest BCUT2D eigenvalue weighted by Crippen LogP contribution is 2.25. The molecule has 0 unspecified atom stereocenters. The predicted octanol–water partition coefficient (Wildman–Crippen LogP) is 5.44. The summed E-state index contributed by atoms with van der Waals surface area (Å²) in [5.41, 5.74) is 0.695. The second-order valence-corrected chi connectivity index (χ2v) is 5.82. The van der Waals surface area contributed by atoms with Crippen molar-refractivity contribution in [2.24, 2.45) is 0 Å². The monoisotopic (exact) mass is 327 g/mol. The second-order valence-electron chi connectivity index (χ2n) is 5.00. The van der Waals surface area contributed by atoms with Crippen LogP contribution in [0, 0.1) is 0 Å². The molecular formula is C17H23Cl2NO. The highest BCUT2D eigenvalue weighted by molar-refractivity contribution is 6.37. The van der Waals surface area contributed by atoms with Gasteiger partial charge in [0.1, 0.15) is 0 Å². The van der Waals surface area contributed by atoms with Gasteiger partial charge in [-0.1, -0.05) is 56.0 Å². The molecule has 0 aliphatic carbocycles. The molecule has 1 aromatic carbocycles. The van der Waals surface area contributed by atoms with E-state index in [0.29, 0.717) is 15.6 Å². The zero-order valence-corrected chi connectivity index (χ0v) is 14.3. The lowest BCUT2D eigenvalue weighted by Crippen LogP contribution is -2.31. The summed E-state index contributed by atoms with van der Waals surface area (Å²) in [4.78, 5) is 14.2. The van der Waals surface area contributed by atoms with E-state index >= 15 is 0 Å². The maximum absolute atomic E-state index is 12.3. The van der Waals surface area contributed by atoms with Gasteiger partial charge in [0.25, 0.3) is 0 Å². The molecule has 0 N–H and O–H groups in total. The first-order valence-corrected chi connectivity index (χ1v) is 8.26. The van der Waals surface area contributed by atoms with Gasteiger partial charge in [-0.25, -0.2) is 0 Å². The molecular weight excluding hydrogens is 305 g/mol. The van der Waals surface area contributed by atoms with Crippen LogP contribution in [0.3, 0.4) is 0 Å². The van der Waals surface area contributed by atoms with Crippen molar-refractivity contribution < 1.29 is 4.79 Å². The van der Waals surface area contributed by atoms with Crippen LogP contribution in [0.15, 0.2) is 24.3 Å². The molecule has 0 atom stereocenters. The van der Waals surface area contributed by atoms with Crippen LogP contribution in [0.25, 0.3) is 6.08 Å². The molecule has 0 aliphatic rings. The van der Waals surface area contributed by atoms with Gasteiger partial charge in [-0.05, 0) is 31.1 Å². The van der Waals surface area contributed by atoms with E-state index in [-0.39, 0.29) is 5.91 Å². The summed E-state index contributed by atoms with van der Waals surface area (Å²) in [6.07, 6.45) is 7.48. The molecule has 116 valence electrons. The summed E-state index contributed by atoms with van der Waals surface area (Å²) in [7, 11) is 0. The molecule has 4 heteroatoms. The Morgan fingerprint density at radius 1 is 1.10 bits per heavy atom. The average Bonchev–Trinajstić information content (AvgIpc) is 2.46. The maximum atomic E-state index is 12.3. The molecule has 0 saturated heterocycles. The molecule has 0 radical (unpaired) electrons. The van der Waals surface area contributed by atoms with Crippen molar-refractivity contribution in [1.29, 1.82) is 0 Å². The molecule has 2 nitrogen and oxygen atoms in total. The minimum Gasteiger partial charge on any atom is -0.339 e. The van der Waals surface area contributed by atoms with E-state index in [1.54, 1.807) is 30.4 Å². The number of carbonyl (C=O) groups is 1. The fraction of sp³-hybridized carbons (Fsp3) is 0.471. The van der Waals surface area contributed by atoms with E-state index < -0.39 is 0 Å². The second kappa shape index (κ2) is 9.86. The van der Waals surface area contributed by atoms with Gasteiger partial charge in [0, 0.05) is 34.8 Å². The quantitative estimate of drug-likeness (QED) is 0.582. The van der Waals surface area contributed by atoms with Crippen molar-refractivity contribution in [1.82, 2.24) is 4.90 Å². The summed E-state index contributed by atoms with van der Waals surface area (Å²) in [6.45, 7) is 5.86. The van der Waals surface area contributed by atoms with Crippen LogP contribution in [0.2, 0.25) is 10.0 Å². The van der Waals surface area contributed by atoms with E-state index in [0.717, 1.165) is 38.8 Å². The predicted molar refractivity (Wildman–Crippen MR) is 91.9 cm³/mol. The van der Waals surface area contributed by atoms with Crippen LogP contribution in [-0.4, -0.2) is 23.9 Å². The number of carbonyl (C=O) groups excluding carboxylic acids is 1. The number of benzene rings is 1. The van der Waals surface area contributed by atoms with Crippen molar-refractivity contribution in [2.45, 2.75) is 39.5 Å². The third-order valence-corrected chi connectivity index (χ3v) is 3.93. The van der Waals surface area contributed by atoms with Crippen LogP contribution in [0.1, 0.15) is 45.1 Å². The number of halogens is 2. The Morgan fingerprint density at radius 2 is 1.62 bits per heavy atom. The Hall–Kier alpha value is -0.990. The van der Waals surface area contributed by atoms with Crippen LogP contribution < -0.4 is 0 Å². The molecule has 0 heterocycles. The summed E-state index contributed by atoms with van der Waals surface area (Å²) >= 11 is 12.2. The molecule has 1 amide bonds. The number of rotatable bonds is 8. The van der Waals surface area contributed by atoms with Crippen LogP contribution in [0.5, 0.6) is 0 Å². The lowest BCUT2D eigenvalue weighted by Gasteiger charge is -2.20. The first-order valence-electron chi connectivity index (χ1n) is 7.51. The Labute approximate surface area is 137 Å². The fourth-order valence-corrected chi connectivity index (χ4v) is 2.48. The zero-order valence-electron chi connectivity index (χ0n) is 12.7. The van der Waals surface area contributed by atoms with E-state index in [2.05, 4.69) is 13.8 Å². The van der Waals surface area contributed by atoms with Crippen LogP contribution in [-0.2, 0) is 4.79 Å². The van der Waals surface area contributed by atoms with Crippen LogP contribution in [0.4, 0.5) is 0 Å². The lowest BCUT2D eigenvalue weighted by atomic mass is 10.2. The number of amides is 1. The van der Waals surface area contributed by atoms with Gasteiger partial charge in [0.15, 0.2) is 0 Å². The Balaban J connectivity index is 2.77. The van der Waals surface area contributed by atoms with E-state index in [9.17, 15) is 4.79 Å². The molecule has 0 bridgehead atoms. The van der Waals surface area contributed by atoms with Gasteiger partial charge < -0.3 is 4.90 Å². The molecule has 0 spiro atoms. The smallest absolute Gasteiger partial charge is 0.246 e. The number of hydrogen-bond donors (Lipinski definition) is 0. The van der Waals surface area contributed by atoms with E-state index in [1.165, 1.54) is 0 Å². The van der Waals surface area contributed by atoms with E-state index in [1.807, 2.05) is 4.90 Å². The van der Waals surface area contributed by atoms with E-state index in [4.69, 9.17) is 23.2 Å².